The van der Waals surface area contributed by atoms with Gasteiger partial charge < -0.3 is 0 Å². The maximum atomic E-state index is 11.2. The first-order valence-corrected chi connectivity index (χ1v) is 2.87. The molecule has 0 aliphatic carbocycles. The summed E-state index contributed by atoms with van der Waals surface area (Å²) >= 11 is 0. The molecular formula is C7H7FN2. The number of benzene rings is 1. The van der Waals surface area contributed by atoms with E-state index in [1.165, 1.54) is 11.9 Å². The second-order valence-electron chi connectivity index (χ2n) is 1.75. The van der Waals surface area contributed by atoms with Gasteiger partial charge in [-0.15, -0.1) is 5.65 Å². The van der Waals surface area contributed by atoms with Gasteiger partial charge in [-0.1, -0.05) is 34.8 Å². The molecule has 0 atom stereocenters. The summed E-state index contributed by atoms with van der Waals surface area (Å²) in [5.41, 5.74) is 2.05. The first-order chi connectivity index (χ1) is 4.93. The summed E-state index contributed by atoms with van der Waals surface area (Å²) in [5, 5.41) is 3.20. The van der Waals surface area contributed by atoms with E-state index in [-0.39, 0.29) is 0 Å². The Morgan fingerprint density at radius 1 is 1.30 bits per heavy atom. The van der Waals surface area contributed by atoms with Crippen LogP contribution < -0.4 is 5.65 Å². The van der Waals surface area contributed by atoms with Crippen LogP contribution in [0.2, 0.25) is 0 Å². The Labute approximate surface area is 58.3 Å². The molecule has 0 amide bonds. The molecule has 0 aliphatic heterocycles. The van der Waals surface area contributed by atoms with Gasteiger partial charge in [0.05, 0.1) is 6.21 Å². The predicted molar refractivity (Wildman–Crippen MR) is 38.3 cm³/mol. The summed E-state index contributed by atoms with van der Waals surface area (Å²) in [6, 6.07) is 9.28. The molecule has 52 valence electrons. The average molecular weight is 138 g/mol. The van der Waals surface area contributed by atoms with Gasteiger partial charge in [0.15, 0.2) is 0 Å². The molecule has 0 fully saturated rings. The molecular weight excluding hydrogens is 131 g/mol. The lowest BCUT2D eigenvalue weighted by atomic mass is 10.2. The summed E-state index contributed by atoms with van der Waals surface area (Å²) in [6.07, 6.45) is 1.40. The minimum absolute atomic E-state index is 0.868. The summed E-state index contributed by atoms with van der Waals surface area (Å²) in [6.45, 7) is 0. The third-order valence-corrected chi connectivity index (χ3v) is 1.06. The lowest BCUT2D eigenvalue weighted by Crippen LogP contribution is -1.87. The van der Waals surface area contributed by atoms with Crippen LogP contribution in [-0.2, 0) is 0 Å². The molecule has 0 radical (unpaired) electrons. The van der Waals surface area contributed by atoms with Crippen molar-refractivity contribution in [2.75, 3.05) is 0 Å². The molecule has 0 saturated carbocycles. The number of hydrazone groups is 1. The Morgan fingerprint density at radius 2 is 2.00 bits per heavy atom. The molecule has 0 heterocycles. The average Bonchev–Trinajstić information content (AvgIpc) is 2.03. The van der Waals surface area contributed by atoms with Crippen molar-refractivity contribution in [2.45, 2.75) is 0 Å². The third-order valence-electron chi connectivity index (χ3n) is 1.06. The van der Waals surface area contributed by atoms with E-state index < -0.39 is 0 Å². The zero-order valence-corrected chi connectivity index (χ0v) is 5.29. The lowest BCUT2D eigenvalue weighted by Gasteiger charge is -1.87. The van der Waals surface area contributed by atoms with E-state index in [0.717, 1.165) is 5.56 Å². The van der Waals surface area contributed by atoms with Gasteiger partial charge in [-0.05, 0) is 5.56 Å². The molecule has 0 aromatic heterocycles. The van der Waals surface area contributed by atoms with Crippen LogP contribution in [0, 0.1) is 0 Å². The van der Waals surface area contributed by atoms with Crippen molar-refractivity contribution in [1.29, 1.82) is 0 Å². The van der Waals surface area contributed by atoms with Crippen LogP contribution in [0.3, 0.4) is 0 Å². The smallest absolute Gasteiger partial charge is 0.0568 e. The van der Waals surface area contributed by atoms with Crippen LogP contribution in [-0.4, -0.2) is 6.21 Å². The molecule has 1 aromatic carbocycles. The highest BCUT2D eigenvalue weighted by Gasteiger charge is 1.80. The molecule has 0 bridgehead atoms. The van der Waals surface area contributed by atoms with E-state index in [1.807, 2.05) is 30.3 Å². The minimum atomic E-state index is 0.868. The summed E-state index contributed by atoms with van der Waals surface area (Å²) in [5.74, 6) is 0. The van der Waals surface area contributed by atoms with Gasteiger partial charge in [0.25, 0.3) is 0 Å². The molecule has 0 aliphatic rings. The van der Waals surface area contributed by atoms with Crippen LogP contribution in [0.1, 0.15) is 5.56 Å². The molecule has 2 nitrogen and oxygen atoms in total. The molecule has 3 heteroatoms. The number of hydrogen-bond acceptors (Lipinski definition) is 2. The van der Waals surface area contributed by atoms with Crippen molar-refractivity contribution < 1.29 is 4.48 Å². The zero-order chi connectivity index (χ0) is 7.23. The minimum Gasteiger partial charge on any atom is -0.158 e. The highest BCUT2D eigenvalue weighted by atomic mass is 19.2. The van der Waals surface area contributed by atoms with E-state index >= 15 is 0 Å². The Balaban J connectivity index is 2.67. The molecule has 0 saturated heterocycles. The summed E-state index contributed by atoms with van der Waals surface area (Å²) in [7, 11) is 0. The Hall–Kier alpha value is -1.38. The van der Waals surface area contributed by atoms with Crippen LogP contribution in [0.15, 0.2) is 35.4 Å². The monoisotopic (exact) mass is 138 g/mol. The van der Waals surface area contributed by atoms with Gasteiger partial charge in [-0.25, -0.2) is 0 Å². The zero-order valence-electron chi connectivity index (χ0n) is 5.29. The topological polar surface area (TPSA) is 24.4 Å². The summed E-state index contributed by atoms with van der Waals surface area (Å²) in [4.78, 5) is 0. The molecule has 1 rings (SSSR count). The predicted octanol–water partition coefficient (Wildman–Crippen LogP) is 1.49. The van der Waals surface area contributed by atoms with Crippen molar-refractivity contribution >= 4 is 6.21 Å². The van der Waals surface area contributed by atoms with E-state index in [4.69, 9.17) is 0 Å². The highest BCUT2D eigenvalue weighted by Crippen LogP contribution is 1.92. The Kier molecular flexibility index (Phi) is 2.43. The molecule has 0 unspecified atom stereocenters. The van der Waals surface area contributed by atoms with Gasteiger partial charge in [0, 0.05) is 0 Å². The SMILES string of the molecule is FN/N=C/c1ccccc1. The van der Waals surface area contributed by atoms with E-state index in [9.17, 15) is 4.48 Å². The van der Waals surface area contributed by atoms with Crippen molar-refractivity contribution in [3.05, 3.63) is 35.9 Å². The van der Waals surface area contributed by atoms with Gasteiger partial charge in [0.2, 0.25) is 0 Å². The number of hydrogen-bond donors (Lipinski definition) is 1. The quantitative estimate of drug-likeness (QED) is 0.374. The summed E-state index contributed by atoms with van der Waals surface area (Å²) < 4.78 is 11.2. The van der Waals surface area contributed by atoms with Crippen LogP contribution in [0.4, 0.5) is 4.48 Å². The van der Waals surface area contributed by atoms with Crippen molar-refractivity contribution in [3.8, 4) is 0 Å². The second-order valence-corrected chi connectivity index (χ2v) is 1.75. The number of nitrogens with zero attached hydrogens (tertiary/aromatic N) is 1. The van der Waals surface area contributed by atoms with Crippen LogP contribution in [0.25, 0.3) is 0 Å². The molecule has 0 spiro atoms. The van der Waals surface area contributed by atoms with E-state index in [0.29, 0.717) is 0 Å². The maximum absolute atomic E-state index is 11.2. The van der Waals surface area contributed by atoms with Gasteiger partial charge >= 0.3 is 0 Å². The standard InChI is InChI=1S/C7H7FN2/c8-10-9-6-7-4-2-1-3-5-7/h1-6,10H/b9-6+. The van der Waals surface area contributed by atoms with Gasteiger partial charge in [-0.3, -0.25) is 0 Å². The van der Waals surface area contributed by atoms with Crippen molar-refractivity contribution in [1.82, 2.24) is 5.65 Å². The molecule has 1 aromatic rings. The number of nitrogens with one attached hydrogen (secondary N) is 1. The largest absolute Gasteiger partial charge is 0.158 e. The van der Waals surface area contributed by atoms with Crippen molar-refractivity contribution in [2.24, 2.45) is 5.10 Å². The van der Waals surface area contributed by atoms with Crippen LogP contribution >= 0.6 is 0 Å². The fraction of sp³-hybridized carbons (Fsp3) is 0. The number of halogens is 1. The lowest BCUT2D eigenvalue weighted by molar-refractivity contribution is 0.348. The van der Waals surface area contributed by atoms with E-state index in [2.05, 4.69) is 5.10 Å². The van der Waals surface area contributed by atoms with Gasteiger partial charge in [0.1, 0.15) is 0 Å². The Bertz CT molecular complexity index is 208. The fourth-order valence-corrected chi connectivity index (χ4v) is 0.638. The highest BCUT2D eigenvalue weighted by molar-refractivity contribution is 5.78. The van der Waals surface area contributed by atoms with E-state index in [1.54, 1.807) is 0 Å². The van der Waals surface area contributed by atoms with Gasteiger partial charge in [-0.2, -0.15) is 5.10 Å². The third kappa shape index (κ3) is 1.85. The van der Waals surface area contributed by atoms with Crippen molar-refractivity contribution in [3.63, 3.8) is 0 Å². The first-order valence-electron chi connectivity index (χ1n) is 2.87. The van der Waals surface area contributed by atoms with Crippen LogP contribution in [0.5, 0.6) is 0 Å². The fourth-order valence-electron chi connectivity index (χ4n) is 0.638. The first kappa shape index (κ1) is 6.74. The maximum Gasteiger partial charge on any atom is 0.0568 e. The Morgan fingerprint density at radius 3 is 2.60 bits per heavy atom. The molecule has 10 heavy (non-hydrogen) atoms. The normalized spacial score (nSPS) is 10.1. The second kappa shape index (κ2) is 3.61. The number of rotatable bonds is 2. The molecule has 1 N–H and O–H groups in total.